The Bertz CT molecular complexity index is 1010. The number of aryl methyl sites for hydroxylation is 1. The average Bonchev–Trinajstić information content (AvgIpc) is 3.03. The van der Waals surface area contributed by atoms with Gasteiger partial charge in [-0.3, -0.25) is 4.98 Å². The molecule has 4 aromatic rings. The Kier molecular flexibility index (Phi) is 4.32. The maximum absolute atomic E-state index is 5.27. The molecule has 130 valence electrons. The van der Waals surface area contributed by atoms with Gasteiger partial charge in [-0.2, -0.15) is 0 Å². The molecule has 0 amide bonds. The minimum atomic E-state index is 0.0162. The van der Waals surface area contributed by atoms with Crippen molar-refractivity contribution in [3.63, 3.8) is 0 Å². The zero-order valence-electron chi connectivity index (χ0n) is 14.9. The summed E-state index contributed by atoms with van der Waals surface area (Å²) in [5.41, 5.74) is 5.77. The normalized spacial score (nSPS) is 12.1. The highest BCUT2D eigenvalue weighted by Gasteiger charge is 2.20. The third kappa shape index (κ3) is 3.02. The number of hydrogen-bond donors (Lipinski definition) is 2. The highest BCUT2D eigenvalue weighted by molar-refractivity contribution is 5.86. The van der Waals surface area contributed by atoms with E-state index in [1.165, 1.54) is 16.5 Å². The lowest BCUT2D eigenvalue weighted by Crippen LogP contribution is -2.13. The lowest BCUT2D eigenvalue weighted by Gasteiger charge is -2.21. The molecule has 0 bridgehead atoms. The van der Waals surface area contributed by atoms with E-state index in [4.69, 9.17) is 4.74 Å². The molecule has 2 aromatic carbocycles. The van der Waals surface area contributed by atoms with Crippen LogP contribution in [-0.2, 0) is 0 Å². The van der Waals surface area contributed by atoms with E-state index in [-0.39, 0.29) is 6.04 Å². The Morgan fingerprint density at radius 1 is 0.962 bits per heavy atom. The molecule has 0 aliphatic rings. The van der Waals surface area contributed by atoms with Crippen LogP contribution in [0.2, 0.25) is 0 Å². The maximum Gasteiger partial charge on any atom is 0.119 e. The smallest absolute Gasteiger partial charge is 0.119 e. The van der Waals surface area contributed by atoms with Crippen LogP contribution in [0.15, 0.2) is 73.1 Å². The largest absolute Gasteiger partial charge is 0.497 e. The highest BCUT2D eigenvalue weighted by atomic mass is 16.5. The lowest BCUT2D eigenvalue weighted by atomic mass is 9.96. The molecule has 26 heavy (non-hydrogen) atoms. The van der Waals surface area contributed by atoms with Gasteiger partial charge in [0.15, 0.2) is 0 Å². The SMILES string of the molecule is COc1ccc(N[C@H](c2ccncc2)c2c(C)[nH]c3ccccc23)cc1. The van der Waals surface area contributed by atoms with Crippen molar-refractivity contribution in [2.75, 3.05) is 12.4 Å². The van der Waals surface area contributed by atoms with Crippen LogP contribution in [0.4, 0.5) is 5.69 Å². The molecule has 4 nitrogen and oxygen atoms in total. The number of H-pyrrole nitrogens is 1. The van der Waals surface area contributed by atoms with Gasteiger partial charge in [0, 0.05) is 40.2 Å². The number of methoxy groups -OCH3 is 1. The Balaban J connectivity index is 1.81. The van der Waals surface area contributed by atoms with Crippen LogP contribution >= 0.6 is 0 Å². The second kappa shape index (κ2) is 6.92. The Morgan fingerprint density at radius 2 is 1.69 bits per heavy atom. The van der Waals surface area contributed by atoms with E-state index in [1.54, 1.807) is 7.11 Å². The zero-order valence-corrected chi connectivity index (χ0v) is 14.9. The molecule has 0 saturated carbocycles. The van der Waals surface area contributed by atoms with Crippen molar-refractivity contribution < 1.29 is 4.74 Å². The van der Waals surface area contributed by atoms with Gasteiger partial charge in [-0.25, -0.2) is 0 Å². The number of ether oxygens (including phenoxy) is 1. The summed E-state index contributed by atoms with van der Waals surface area (Å²) in [5, 5.41) is 4.91. The summed E-state index contributed by atoms with van der Waals surface area (Å²) < 4.78 is 5.27. The van der Waals surface area contributed by atoms with Crippen LogP contribution < -0.4 is 10.1 Å². The molecule has 2 heterocycles. The lowest BCUT2D eigenvalue weighted by molar-refractivity contribution is 0.415. The van der Waals surface area contributed by atoms with Crippen molar-refractivity contribution >= 4 is 16.6 Å². The van der Waals surface area contributed by atoms with E-state index in [2.05, 4.69) is 58.6 Å². The molecular formula is C22H21N3O. The maximum atomic E-state index is 5.27. The monoisotopic (exact) mass is 343 g/mol. The summed E-state index contributed by atoms with van der Waals surface area (Å²) in [5.74, 6) is 0.847. The van der Waals surface area contributed by atoms with Crippen LogP contribution in [0.1, 0.15) is 22.9 Å². The van der Waals surface area contributed by atoms with Crippen molar-refractivity contribution in [1.82, 2.24) is 9.97 Å². The summed E-state index contributed by atoms with van der Waals surface area (Å²) in [6, 6.07) is 20.6. The van der Waals surface area contributed by atoms with E-state index in [1.807, 2.05) is 36.7 Å². The number of anilines is 1. The molecule has 4 heteroatoms. The standard InChI is InChI=1S/C22H21N3O/c1-15-21(19-5-3-4-6-20(19)24-15)22(16-11-13-23-14-12-16)25-17-7-9-18(26-2)10-8-17/h3-14,22,24-25H,1-2H3/t22-/m1/s1. The minimum absolute atomic E-state index is 0.0162. The van der Waals surface area contributed by atoms with Gasteiger partial charge in [0.05, 0.1) is 13.2 Å². The predicted octanol–water partition coefficient (Wildman–Crippen LogP) is 5.08. The fraction of sp³-hybridized carbons (Fsp3) is 0.136. The number of benzene rings is 2. The van der Waals surface area contributed by atoms with E-state index >= 15 is 0 Å². The molecule has 0 saturated heterocycles. The molecule has 0 fully saturated rings. The third-order valence-electron chi connectivity index (χ3n) is 4.67. The fourth-order valence-corrected chi connectivity index (χ4v) is 3.40. The molecular weight excluding hydrogens is 322 g/mol. The van der Waals surface area contributed by atoms with Crippen LogP contribution in [-0.4, -0.2) is 17.1 Å². The predicted molar refractivity (Wildman–Crippen MR) is 106 cm³/mol. The summed E-state index contributed by atoms with van der Waals surface area (Å²) >= 11 is 0. The Hall–Kier alpha value is -3.27. The summed E-state index contributed by atoms with van der Waals surface area (Å²) in [4.78, 5) is 7.68. The first kappa shape index (κ1) is 16.2. The number of para-hydroxylation sites is 1. The number of nitrogens with zero attached hydrogens (tertiary/aromatic N) is 1. The number of nitrogens with one attached hydrogen (secondary N) is 2. The van der Waals surface area contributed by atoms with E-state index in [0.29, 0.717) is 0 Å². The van der Waals surface area contributed by atoms with Crippen molar-refractivity contribution in [2.24, 2.45) is 0 Å². The van der Waals surface area contributed by atoms with Crippen molar-refractivity contribution in [3.8, 4) is 5.75 Å². The molecule has 0 radical (unpaired) electrons. The topological polar surface area (TPSA) is 49.9 Å². The number of fused-ring (bicyclic) bond motifs is 1. The summed E-state index contributed by atoms with van der Waals surface area (Å²) in [6.45, 7) is 2.12. The van der Waals surface area contributed by atoms with Gasteiger partial charge >= 0.3 is 0 Å². The third-order valence-corrected chi connectivity index (χ3v) is 4.67. The fourth-order valence-electron chi connectivity index (χ4n) is 3.40. The van der Waals surface area contributed by atoms with E-state index in [0.717, 1.165) is 22.6 Å². The first-order valence-corrected chi connectivity index (χ1v) is 8.64. The van der Waals surface area contributed by atoms with Crippen molar-refractivity contribution in [3.05, 3.63) is 89.9 Å². The van der Waals surface area contributed by atoms with Gasteiger partial charge in [0.25, 0.3) is 0 Å². The average molecular weight is 343 g/mol. The van der Waals surface area contributed by atoms with Gasteiger partial charge in [0.1, 0.15) is 5.75 Å². The van der Waals surface area contributed by atoms with Gasteiger partial charge in [-0.1, -0.05) is 18.2 Å². The second-order valence-electron chi connectivity index (χ2n) is 6.30. The van der Waals surface area contributed by atoms with E-state index in [9.17, 15) is 0 Å². The first-order chi connectivity index (χ1) is 12.8. The van der Waals surface area contributed by atoms with Gasteiger partial charge in [0.2, 0.25) is 0 Å². The number of hydrogen-bond acceptors (Lipinski definition) is 3. The van der Waals surface area contributed by atoms with Crippen molar-refractivity contribution in [1.29, 1.82) is 0 Å². The number of aromatic nitrogens is 2. The molecule has 0 aliphatic carbocycles. The molecule has 0 unspecified atom stereocenters. The van der Waals surface area contributed by atoms with Crippen LogP contribution in [0.25, 0.3) is 10.9 Å². The minimum Gasteiger partial charge on any atom is -0.497 e. The molecule has 0 spiro atoms. The van der Waals surface area contributed by atoms with Gasteiger partial charge in [-0.15, -0.1) is 0 Å². The summed E-state index contributed by atoms with van der Waals surface area (Å²) in [6.07, 6.45) is 3.67. The molecule has 1 atom stereocenters. The van der Waals surface area contributed by atoms with Crippen LogP contribution in [0, 0.1) is 6.92 Å². The zero-order chi connectivity index (χ0) is 17.9. The molecule has 2 N–H and O–H groups in total. The van der Waals surface area contributed by atoms with E-state index < -0.39 is 0 Å². The molecule has 0 aliphatic heterocycles. The number of aromatic amines is 1. The Labute approximate surface area is 152 Å². The summed E-state index contributed by atoms with van der Waals surface area (Å²) in [7, 11) is 1.68. The quantitative estimate of drug-likeness (QED) is 0.531. The molecule has 2 aromatic heterocycles. The highest BCUT2D eigenvalue weighted by Crippen LogP contribution is 2.34. The second-order valence-corrected chi connectivity index (χ2v) is 6.30. The first-order valence-electron chi connectivity index (χ1n) is 8.64. The van der Waals surface area contributed by atoms with Gasteiger partial charge in [-0.05, 0) is 55.0 Å². The molecule has 4 rings (SSSR count). The number of pyridine rings is 1. The van der Waals surface area contributed by atoms with Crippen LogP contribution in [0.5, 0.6) is 5.75 Å². The number of rotatable bonds is 5. The van der Waals surface area contributed by atoms with Gasteiger partial charge < -0.3 is 15.0 Å². The Morgan fingerprint density at radius 3 is 2.42 bits per heavy atom. The van der Waals surface area contributed by atoms with Crippen molar-refractivity contribution in [2.45, 2.75) is 13.0 Å². The van der Waals surface area contributed by atoms with Crippen LogP contribution in [0.3, 0.4) is 0 Å².